The van der Waals surface area contributed by atoms with E-state index in [0.29, 0.717) is 25.6 Å². The maximum Gasteiger partial charge on any atom is 0.260 e. The van der Waals surface area contributed by atoms with Crippen molar-refractivity contribution < 1.29 is 14.4 Å². The number of methoxy groups -OCH3 is 1. The molecule has 0 rings (SSSR count). The molecule has 0 aliphatic carbocycles. The SMILES string of the molecule is COCCC(N)C(=O)NOCC(C)C. The van der Waals surface area contributed by atoms with Gasteiger partial charge in [0.2, 0.25) is 0 Å². The second-order valence-corrected chi connectivity index (χ2v) is 3.56. The molecule has 0 bridgehead atoms. The average Bonchev–Trinajstić information content (AvgIpc) is 2.13. The Bertz CT molecular complexity index is 162. The largest absolute Gasteiger partial charge is 0.385 e. The molecule has 1 unspecified atom stereocenters. The van der Waals surface area contributed by atoms with Gasteiger partial charge >= 0.3 is 0 Å². The fourth-order valence-electron chi connectivity index (χ4n) is 0.731. The predicted octanol–water partition coefficient (Wildman–Crippen LogP) is 0.0540. The van der Waals surface area contributed by atoms with Crippen LogP contribution in [0.5, 0.6) is 0 Å². The van der Waals surface area contributed by atoms with Gasteiger partial charge in [-0.2, -0.15) is 0 Å². The van der Waals surface area contributed by atoms with Gasteiger partial charge in [-0.3, -0.25) is 9.63 Å². The first-order valence-electron chi connectivity index (χ1n) is 4.74. The zero-order valence-electron chi connectivity index (χ0n) is 9.08. The van der Waals surface area contributed by atoms with Crippen LogP contribution >= 0.6 is 0 Å². The molecule has 5 nitrogen and oxygen atoms in total. The number of rotatable bonds is 7. The lowest BCUT2D eigenvalue weighted by Crippen LogP contribution is -2.41. The zero-order chi connectivity index (χ0) is 11.0. The lowest BCUT2D eigenvalue weighted by atomic mass is 10.2. The Kier molecular flexibility index (Phi) is 7.37. The van der Waals surface area contributed by atoms with Crippen LogP contribution in [-0.4, -0.2) is 32.3 Å². The van der Waals surface area contributed by atoms with Gasteiger partial charge in [0.25, 0.3) is 5.91 Å². The smallest absolute Gasteiger partial charge is 0.260 e. The number of hydrogen-bond acceptors (Lipinski definition) is 4. The van der Waals surface area contributed by atoms with Crippen LogP contribution in [0.2, 0.25) is 0 Å². The van der Waals surface area contributed by atoms with Crippen molar-refractivity contribution in [1.29, 1.82) is 0 Å². The van der Waals surface area contributed by atoms with E-state index < -0.39 is 6.04 Å². The van der Waals surface area contributed by atoms with E-state index in [1.54, 1.807) is 7.11 Å². The van der Waals surface area contributed by atoms with E-state index in [1.807, 2.05) is 13.8 Å². The number of amides is 1. The molecule has 1 amide bonds. The van der Waals surface area contributed by atoms with Gasteiger partial charge in [0.15, 0.2) is 0 Å². The highest BCUT2D eigenvalue weighted by Gasteiger charge is 2.12. The van der Waals surface area contributed by atoms with E-state index in [2.05, 4.69) is 5.48 Å². The van der Waals surface area contributed by atoms with E-state index in [0.717, 1.165) is 0 Å². The monoisotopic (exact) mass is 204 g/mol. The number of nitrogens with one attached hydrogen (secondary N) is 1. The molecule has 0 saturated carbocycles. The predicted molar refractivity (Wildman–Crippen MR) is 53.4 cm³/mol. The molecule has 0 radical (unpaired) electrons. The summed E-state index contributed by atoms with van der Waals surface area (Å²) in [5, 5.41) is 0. The van der Waals surface area contributed by atoms with Crippen molar-refractivity contribution in [3.05, 3.63) is 0 Å². The maximum absolute atomic E-state index is 11.2. The minimum absolute atomic E-state index is 0.303. The van der Waals surface area contributed by atoms with Crippen molar-refractivity contribution >= 4 is 5.91 Å². The van der Waals surface area contributed by atoms with Crippen LogP contribution in [0.15, 0.2) is 0 Å². The van der Waals surface area contributed by atoms with Gasteiger partial charge in [-0.1, -0.05) is 13.8 Å². The number of carbonyl (C=O) groups excluding carboxylic acids is 1. The van der Waals surface area contributed by atoms with E-state index in [4.69, 9.17) is 15.3 Å². The van der Waals surface area contributed by atoms with Crippen molar-refractivity contribution in [1.82, 2.24) is 5.48 Å². The summed E-state index contributed by atoms with van der Waals surface area (Å²) in [6, 6.07) is -0.567. The fourth-order valence-corrected chi connectivity index (χ4v) is 0.731. The molecule has 5 heteroatoms. The summed E-state index contributed by atoms with van der Waals surface area (Å²) in [6.07, 6.45) is 0.493. The van der Waals surface area contributed by atoms with Crippen molar-refractivity contribution in [2.24, 2.45) is 11.7 Å². The van der Waals surface area contributed by atoms with Gasteiger partial charge in [0.05, 0.1) is 12.6 Å². The summed E-state index contributed by atoms with van der Waals surface area (Å²) in [7, 11) is 1.57. The van der Waals surface area contributed by atoms with Gasteiger partial charge in [-0.25, -0.2) is 5.48 Å². The third-order valence-electron chi connectivity index (χ3n) is 1.56. The molecule has 0 spiro atoms. The third-order valence-corrected chi connectivity index (χ3v) is 1.56. The lowest BCUT2D eigenvalue weighted by molar-refractivity contribution is -0.136. The topological polar surface area (TPSA) is 73.6 Å². The Morgan fingerprint density at radius 3 is 2.64 bits per heavy atom. The molecule has 1 atom stereocenters. The van der Waals surface area contributed by atoms with Crippen LogP contribution < -0.4 is 11.2 Å². The van der Waals surface area contributed by atoms with Gasteiger partial charge in [0.1, 0.15) is 0 Å². The Labute approximate surface area is 84.9 Å². The van der Waals surface area contributed by atoms with Gasteiger partial charge in [-0.15, -0.1) is 0 Å². The molecule has 0 aromatic rings. The first-order chi connectivity index (χ1) is 6.57. The molecule has 3 N–H and O–H groups in total. The number of nitrogens with two attached hydrogens (primary N) is 1. The zero-order valence-corrected chi connectivity index (χ0v) is 9.08. The Balaban J connectivity index is 3.52. The molecule has 0 fully saturated rings. The normalized spacial score (nSPS) is 12.9. The number of ether oxygens (including phenoxy) is 1. The van der Waals surface area contributed by atoms with Crippen LogP contribution in [-0.2, 0) is 14.4 Å². The Hall–Kier alpha value is -0.650. The van der Waals surface area contributed by atoms with Crippen LogP contribution in [0.4, 0.5) is 0 Å². The maximum atomic E-state index is 11.2. The lowest BCUT2D eigenvalue weighted by Gasteiger charge is -2.12. The second kappa shape index (κ2) is 7.73. The standard InChI is InChI=1S/C9H20N2O3/c1-7(2)6-14-11-9(12)8(10)4-5-13-3/h7-8H,4-6,10H2,1-3H3,(H,11,12). The van der Waals surface area contributed by atoms with E-state index in [-0.39, 0.29) is 5.91 Å². The molecular weight excluding hydrogens is 184 g/mol. The van der Waals surface area contributed by atoms with Crippen molar-refractivity contribution in [3.63, 3.8) is 0 Å². The first kappa shape index (κ1) is 13.4. The Morgan fingerprint density at radius 1 is 1.50 bits per heavy atom. The molecule has 0 saturated heterocycles. The fraction of sp³-hybridized carbons (Fsp3) is 0.889. The van der Waals surface area contributed by atoms with Gasteiger partial charge < -0.3 is 10.5 Å². The number of hydrogen-bond donors (Lipinski definition) is 2. The molecule has 0 aromatic heterocycles. The molecule has 0 heterocycles. The number of hydroxylamine groups is 1. The van der Waals surface area contributed by atoms with E-state index in [1.165, 1.54) is 0 Å². The van der Waals surface area contributed by atoms with Gasteiger partial charge in [0, 0.05) is 13.7 Å². The third kappa shape index (κ3) is 6.82. The molecule has 14 heavy (non-hydrogen) atoms. The van der Waals surface area contributed by atoms with Crippen LogP contribution in [0.3, 0.4) is 0 Å². The molecule has 0 aliphatic rings. The highest BCUT2D eigenvalue weighted by molar-refractivity contribution is 5.80. The van der Waals surface area contributed by atoms with Crippen molar-refractivity contribution in [3.8, 4) is 0 Å². The highest BCUT2D eigenvalue weighted by Crippen LogP contribution is 1.92. The summed E-state index contributed by atoms with van der Waals surface area (Å²) < 4.78 is 4.80. The number of carbonyl (C=O) groups is 1. The van der Waals surface area contributed by atoms with Gasteiger partial charge in [-0.05, 0) is 12.3 Å². The summed E-state index contributed by atoms with van der Waals surface area (Å²) in [6.45, 7) is 4.95. The quantitative estimate of drug-likeness (QED) is 0.575. The van der Waals surface area contributed by atoms with Crippen LogP contribution in [0, 0.1) is 5.92 Å². The second-order valence-electron chi connectivity index (χ2n) is 3.56. The highest BCUT2D eigenvalue weighted by atomic mass is 16.7. The molecular formula is C9H20N2O3. The summed E-state index contributed by atoms with van der Waals surface area (Å²) in [5.41, 5.74) is 7.85. The van der Waals surface area contributed by atoms with E-state index >= 15 is 0 Å². The summed E-state index contributed by atoms with van der Waals surface area (Å²) in [5.74, 6) is 0.0770. The van der Waals surface area contributed by atoms with Crippen LogP contribution in [0.25, 0.3) is 0 Å². The summed E-state index contributed by atoms with van der Waals surface area (Å²) in [4.78, 5) is 16.2. The first-order valence-corrected chi connectivity index (χ1v) is 4.74. The minimum Gasteiger partial charge on any atom is -0.385 e. The average molecular weight is 204 g/mol. The molecule has 84 valence electrons. The van der Waals surface area contributed by atoms with Crippen LogP contribution in [0.1, 0.15) is 20.3 Å². The van der Waals surface area contributed by atoms with Crippen molar-refractivity contribution in [2.45, 2.75) is 26.3 Å². The molecule has 0 aliphatic heterocycles. The van der Waals surface area contributed by atoms with Crippen molar-refractivity contribution in [2.75, 3.05) is 20.3 Å². The van der Waals surface area contributed by atoms with E-state index in [9.17, 15) is 4.79 Å². The minimum atomic E-state index is -0.567. The summed E-state index contributed by atoms with van der Waals surface area (Å²) >= 11 is 0. The Morgan fingerprint density at radius 2 is 2.14 bits per heavy atom. The molecule has 0 aromatic carbocycles.